The Hall–Kier alpha value is -1.46. The lowest BCUT2D eigenvalue weighted by Gasteiger charge is -2.08. The van der Waals surface area contributed by atoms with E-state index in [1.807, 2.05) is 0 Å². The van der Waals surface area contributed by atoms with Crippen LogP contribution < -0.4 is 10.5 Å². The van der Waals surface area contributed by atoms with Gasteiger partial charge in [0.2, 0.25) is 5.95 Å². The minimum Gasteiger partial charge on any atom is -0.493 e. The fourth-order valence-corrected chi connectivity index (χ4v) is 0.868. The highest BCUT2D eigenvalue weighted by Crippen LogP contribution is 2.32. The van der Waals surface area contributed by atoms with Gasteiger partial charge in [-0.05, 0) is 0 Å². The van der Waals surface area contributed by atoms with Gasteiger partial charge in [0, 0.05) is 0 Å². The first-order valence-corrected chi connectivity index (χ1v) is 3.34. The van der Waals surface area contributed by atoms with Gasteiger partial charge >= 0.3 is 0 Å². The average molecular weight is 192 g/mol. The van der Waals surface area contributed by atoms with E-state index >= 15 is 0 Å². The van der Waals surface area contributed by atoms with Crippen molar-refractivity contribution in [1.29, 1.82) is 0 Å². The lowest BCUT2D eigenvalue weighted by Crippen LogP contribution is -2.03. The highest BCUT2D eigenvalue weighted by atomic mass is 19.3. The number of nitrogens with two attached hydrogens (primary N) is 1. The van der Waals surface area contributed by atoms with E-state index in [0.717, 1.165) is 6.20 Å². The van der Waals surface area contributed by atoms with E-state index in [4.69, 9.17) is 5.73 Å². The molecule has 0 saturated carbocycles. The average Bonchev–Trinajstić information content (AvgIpc) is 2.04. The smallest absolute Gasteiger partial charge is 0.270 e. The van der Waals surface area contributed by atoms with Crippen LogP contribution in [0, 0.1) is 5.95 Å². The van der Waals surface area contributed by atoms with Crippen LogP contribution in [-0.2, 0) is 0 Å². The van der Waals surface area contributed by atoms with Gasteiger partial charge in [-0.2, -0.15) is 4.39 Å². The third-order valence-corrected chi connectivity index (χ3v) is 1.51. The molecule has 2 N–H and O–H groups in total. The second-order valence-electron chi connectivity index (χ2n) is 2.25. The molecular formula is C7H7F3N2O. The molecule has 0 aliphatic carbocycles. The Morgan fingerprint density at radius 1 is 1.54 bits per heavy atom. The van der Waals surface area contributed by atoms with Crippen LogP contribution in [0.15, 0.2) is 6.20 Å². The van der Waals surface area contributed by atoms with Crippen molar-refractivity contribution in [3.05, 3.63) is 17.7 Å². The van der Waals surface area contributed by atoms with Gasteiger partial charge in [0.1, 0.15) is 0 Å². The number of ether oxygens (including phenoxy) is 1. The number of anilines is 1. The van der Waals surface area contributed by atoms with Gasteiger partial charge in [-0.3, -0.25) is 0 Å². The number of nitrogen functional groups attached to an aromatic ring is 1. The normalized spacial score (nSPS) is 10.5. The topological polar surface area (TPSA) is 48.1 Å². The molecule has 1 aromatic rings. The maximum absolute atomic E-state index is 12.7. The van der Waals surface area contributed by atoms with Crippen LogP contribution in [0.25, 0.3) is 0 Å². The van der Waals surface area contributed by atoms with Crippen molar-refractivity contribution in [2.45, 2.75) is 6.43 Å². The second-order valence-corrected chi connectivity index (χ2v) is 2.25. The summed E-state index contributed by atoms with van der Waals surface area (Å²) in [6.45, 7) is 0. The van der Waals surface area contributed by atoms with Crippen molar-refractivity contribution in [2.75, 3.05) is 12.8 Å². The molecule has 0 saturated heterocycles. The number of rotatable bonds is 2. The number of halogens is 3. The number of hydrogen-bond donors (Lipinski definition) is 1. The Balaban J connectivity index is 3.30. The van der Waals surface area contributed by atoms with Crippen LogP contribution in [0.3, 0.4) is 0 Å². The monoisotopic (exact) mass is 192 g/mol. The standard InChI is InChI=1S/C7H7F3N2O/c1-13-3-2-12-7(10)4(5(3)11)6(8)9/h2,6H,1H3,(H2,11,12). The highest BCUT2D eigenvalue weighted by Gasteiger charge is 2.21. The molecule has 0 unspecified atom stereocenters. The van der Waals surface area contributed by atoms with Gasteiger partial charge in [-0.25, -0.2) is 13.8 Å². The minimum atomic E-state index is -3.00. The number of hydrogen-bond acceptors (Lipinski definition) is 3. The zero-order valence-electron chi connectivity index (χ0n) is 6.72. The molecule has 1 aromatic heterocycles. The van der Waals surface area contributed by atoms with E-state index in [0.29, 0.717) is 0 Å². The van der Waals surface area contributed by atoms with E-state index in [1.165, 1.54) is 7.11 Å². The highest BCUT2D eigenvalue weighted by molar-refractivity contribution is 5.57. The number of aromatic nitrogens is 1. The summed E-state index contributed by atoms with van der Waals surface area (Å²) in [7, 11) is 1.24. The zero-order valence-corrected chi connectivity index (χ0v) is 6.72. The largest absolute Gasteiger partial charge is 0.493 e. The Kier molecular flexibility index (Phi) is 2.60. The Morgan fingerprint density at radius 2 is 2.15 bits per heavy atom. The molecule has 0 amide bonds. The molecule has 0 aliphatic rings. The van der Waals surface area contributed by atoms with Gasteiger partial charge in [0.15, 0.2) is 5.75 Å². The number of nitrogens with zero attached hydrogens (tertiary/aromatic N) is 1. The van der Waals surface area contributed by atoms with E-state index in [1.54, 1.807) is 0 Å². The van der Waals surface area contributed by atoms with Crippen LogP contribution in [0.1, 0.15) is 12.0 Å². The van der Waals surface area contributed by atoms with Gasteiger partial charge in [0.05, 0.1) is 24.6 Å². The molecule has 0 aliphatic heterocycles. The van der Waals surface area contributed by atoms with Crippen LogP contribution >= 0.6 is 0 Å². The summed E-state index contributed by atoms with van der Waals surface area (Å²) in [6.07, 6.45) is -2.04. The van der Waals surface area contributed by atoms with Crippen LogP contribution in [0.4, 0.5) is 18.9 Å². The van der Waals surface area contributed by atoms with Crippen LogP contribution in [0.2, 0.25) is 0 Å². The molecule has 0 spiro atoms. The summed E-state index contributed by atoms with van der Waals surface area (Å²) in [4.78, 5) is 3.08. The quantitative estimate of drug-likeness (QED) is 0.726. The van der Waals surface area contributed by atoms with Crippen molar-refractivity contribution >= 4 is 5.69 Å². The molecular weight excluding hydrogens is 185 g/mol. The maximum Gasteiger partial charge on any atom is 0.270 e. The van der Waals surface area contributed by atoms with Crippen molar-refractivity contribution in [3.8, 4) is 5.75 Å². The van der Waals surface area contributed by atoms with Crippen molar-refractivity contribution in [2.24, 2.45) is 0 Å². The van der Waals surface area contributed by atoms with Crippen molar-refractivity contribution < 1.29 is 17.9 Å². The Labute approximate surface area is 72.3 Å². The summed E-state index contributed by atoms with van der Waals surface area (Å²) >= 11 is 0. The van der Waals surface area contributed by atoms with E-state index in [9.17, 15) is 13.2 Å². The van der Waals surface area contributed by atoms with Crippen molar-refractivity contribution in [1.82, 2.24) is 4.98 Å². The Morgan fingerprint density at radius 3 is 2.62 bits per heavy atom. The van der Waals surface area contributed by atoms with Crippen LogP contribution in [0.5, 0.6) is 5.75 Å². The predicted molar refractivity (Wildman–Crippen MR) is 40.1 cm³/mol. The fourth-order valence-electron chi connectivity index (χ4n) is 0.868. The summed E-state index contributed by atoms with van der Waals surface area (Å²) in [6, 6.07) is 0. The first-order valence-electron chi connectivity index (χ1n) is 3.34. The van der Waals surface area contributed by atoms with Gasteiger partial charge < -0.3 is 10.5 Å². The number of alkyl halides is 2. The molecule has 1 rings (SSSR count). The van der Waals surface area contributed by atoms with Crippen LogP contribution in [-0.4, -0.2) is 12.1 Å². The first kappa shape index (κ1) is 9.63. The summed E-state index contributed by atoms with van der Waals surface area (Å²) in [5.41, 5.74) is 3.88. The molecule has 6 heteroatoms. The lowest BCUT2D eigenvalue weighted by molar-refractivity contribution is 0.145. The molecule has 0 bridgehead atoms. The molecule has 3 nitrogen and oxygen atoms in total. The van der Waals surface area contributed by atoms with Gasteiger partial charge in [-0.15, -0.1) is 0 Å². The predicted octanol–water partition coefficient (Wildman–Crippen LogP) is 1.75. The minimum absolute atomic E-state index is 0.0586. The summed E-state index contributed by atoms with van der Waals surface area (Å²) < 4.78 is 41.7. The first-order chi connectivity index (χ1) is 6.07. The third kappa shape index (κ3) is 1.66. The SMILES string of the molecule is COc1cnc(F)c(C(F)F)c1N. The second kappa shape index (κ2) is 3.51. The number of pyridine rings is 1. The number of methoxy groups -OCH3 is 1. The summed E-state index contributed by atoms with van der Waals surface area (Å²) in [5.74, 6) is -1.33. The van der Waals surface area contributed by atoms with Crippen molar-refractivity contribution in [3.63, 3.8) is 0 Å². The molecule has 13 heavy (non-hydrogen) atoms. The van der Waals surface area contributed by atoms with E-state index in [-0.39, 0.29) is 5.75 Å². The van der Waals surface area contributed by atoms with E-state index < -0.39 is 23.6 Å². The molecule has 0 atom stereocenters. The lowest BCUT2D eigenvalue weighted by atomic mass is 10.2. The third-order valence-electron chi connectivity index (χ3n) is 1.51. The maximum atomic E-state index is 12.7. The van der Waals surface area contributed by atoms with Gasteiger partial charge in [-0.1, -0.05) is 0 Å². The molecule has 0 aromatic carbocycles. The fraction of sp³-hybridized carbons (Fsp3) is 0.286. The zero-order chi connectivity index (χ0) is 10.0. The van der Waals surface area contributed by atoms with Gasteiger partial charge in [0.25, 0.3) is 6.43 Å². The molecule has 72 valence electrons. The van der Waals surface area contributed by atoms with E-state index in [2.05, 4.69) is 9.72 Å². The molecule has 1 heterocycles. The summed E-state index contributed by atoms with van der Waals surface area (Å²) in [5, 5.41) is 0. The molecule has 0 fully saturated rings. The molecule has 0 radical (unpaired) electrons. The Bertz CT molecular complexity index is 317.